The zero-order valence-corrected chi connectivity index (χ0v) is 15.2. The number of aromatic hydroxyl groups is 1. The highest BCUT2D eigenvalue weighted by Gasteiger charge is 2.47. The van der Waals surface area contributed by atoms with E-state index in [0.717, 1.165) is 5.56 Å². The Kier molecular flexibility index (Phi) is 3.45. The Bertz CT molecular complexity index is 1090. The minimum absolute atomic E-state index is 0.324. The summed E-state index contributed by atoms with van der Waals surface area (Å²) in [6, 6.07) is 33.5. The average Bonchev–Trinajstić information content (AvgIpc) is 3.01. The largest absolute Gasteiger partial charge is 0.508 e. The van der Waals surface area contributed by atoms with Gasteiger partial charge in [0.1, 0.15) is 5.75 Å². The molecule has 1 N–H and O–H groups in total. The molecule has 0 amide bonds. The molecule has 0 atom stereocenters. The molecular weight excluding hydrogens is 328 g/mol. The number of para-hydroxylation sites is 1. The fraction of sp³-hybridized carbons (Fsp3) is 0.0769. The Hall–Kier alpha value is -3.32. The quantitative estimate of drug-likeness (QED) is 0.411. The summed E-state index contributed by atoms with van der Waals surface area (Å²) in [7, 11) is 0. The van der Waals surface area contributed by atoms with Crippen molar-refractivity contribution < 1.29 is 5.11 Å². The Morgan fingerprint density at radius 1 is 0.556 bits per heavy atom. The van der Waals surface area contributed by atoms with Gasteiger partial charge in [-0.3, -0.25) is 0 Å². The van der Waals surface area contributed by atoms with Gasteiger partial charge in [-0.2, -0.15) is 0 Å². The van der Waals surface area contributed by atoms with Crippen molar-refractivity contribution in [2.75, 3.05) is 0 Å². The fourth-order valence-electron chi connectivity index (χ4n) is 4.59. The Balaban J connectivity index is 1.98. The topological polar surface area (TPSA) is 20.2 Å². The Morgan fingerprint density at radius 2 is 1.04 bits per heavy atom. The maximum absolute atomic E-state index is 10.9. The van der Waals surface area contributed by atoms with Crippen molar-refractivity contribution in [2.45, 2.75) is 12.3 Å². The van der Waals surface area contributed by atoms with Crippen molar-refractivity contribution in [3.8, 4) is 16.9 Å². The van der Waals surface area contributed by atoms with Crippen molar-refractivity contribution in [1.29, 1.82) is 0 Å². The highest BCUT2D eigenvalue weighted by Crippen LogP contribution is 2.57. The summed E-state index contributed by atoms with van der Waals surface area (Å²) in [6.07, 6.45) is 0. The summed E-state index contributed by atoms with van der Waals surface area (Å²) in [5.41, 5.74) is 7.71. The van der Waals surface area contributed by atoms with Crippen LogP contribution in [-0.2, 0) is 5.41 Å². The molecule has 0 bridgehead atoms. The lowest BCUT2D eigenvalue weighted by Crippen LogP contribution is -2.28. The molecule has 130 valence electrons. The number of rotatable bonds is 2. The molecule has 0 saturated carbocycles. The van der Waals surface area contributed by atoms with E-state index in [1.165, 1.54) is 33.4 Å². The summed E-state index contributed by atoms with van der Waals surface area (Å²) in [6.45, 7) is 2.10. The van der Waals surface area contributed by atoms with Crippen LogP contribution < -0.4 is 0 Å². The molecule has 0 unspecified atom stereocenters. The first kappa shape index (κ1) is 15.9. The second kappa shape index (κ2) is 5.85. The molecule has 4 aromatic rings. The molecule has 0 saturated heterocycles. The molecule has 1 aliphatic carbocycles. The SMILES string of the molecule is Cc1ccc(C2(c3ccccc3O)c3ccccc3-c3ccccc32)cc1. The number of benzene rings is 4. The van der Waals surface area contributed by atoms with Gasteiger partial charge >= 0.3 is 0 Å². The first-order valence-corrected chi connectivity index (χ1v) is 9.28. The molecule has 0 fully saturated rings. The average molecular weight is 348 g/mol. The molecule has 0 radical (unpaired) electrons. The third-order valence-electron chi connectivity index (χ3n) is 5.74. The van der Waals surface area contributed by atoms with Crippen molar-refractivity contribution >= 4 is 0 Å². The molecule has 27 heavy (non-hydrogen) atoms. The van der Waals surface area contributed by atoms with E-state index in [1.54, 1.807) is 6.07 Å². The molecule has 0 aromatic heterocycles. The van der Waals surface area contributed by atoms with Gasteiger partial charge in [0.05, 0.1) is 5.41 Å². The minimum Gasteiger partial charge on any atom is -0.508 e. The second-order valence-electron chi connectivity index (χ2n) is 7.22. The van der Waals surface area contributed by atoms with E-state index in [9.17, 15) is 5.11 Å². The molecule has 5 rings (SSSR count). The summed E-state index contributed by atoms with van der Waals surface area (Å²) in [5, 5.41) is 10.9. The first-order chi connectivity index (χ1) is 13.2. The van der Waals surface area contributed by atoms with E-state index in [-0.39, 0.29) is 0 Å². The monoisotopic (exact) mass is 348 g/mol. The predicted octanol–water partition coefficient (Wildman–Crippen LogP) is 6.06. The van der Waals surface area contributed by atoms with E-state index >= 15 is 0 Å². The van der Waals surface area contributed by atoms with Crippen molar-refractivity contribution in [2.24, 2.45) is 0 Å². The number of phenolic OH excluding ortho intramolecular Hbond substituents is 1. The lowest BCUT2D eigenvalue weighted by Gasteiger charge is -2.34. The zero-order chi connectivity index (χ0) is 18.4. The maximum Gasteiger partial charge on any atom is 0.120 e. The van der Waals surface area contributed by atoms with Crippen molar-refractivity contribution in [3.63, 3.8) is 0 Å². The van der Waals surface area contributed by atoms with Gasteiger partial charge in [-0.1, -0.05) is 96.6 Å². The zero-order valence-electron chi connectivity index (χ0n) is 15.2. The maximum atomic E-state index is 10.9. The first-order valence-electron chi connectivity index (χ1n) is 9.28. The third-order valence-corrected chi connectivity index (χ3v) is 5.74. The fourth-order valence-corrected chi connectivity index (χ4v) is 4.59. The van der Waals surface area contributed by atoms with Crippen LogP contribution >= 0.6 is 0 Å². The lowest BCUT2D eigenvalue weighted by molar-refractivity contribution is 0.461. The third kappa shape index (κ3) is 2.12. The molecule has 0 spiro atoms. The van der Waals surface area contributed by atoms with E-state index < -0.39 is 5.41 Å². The van der Waals surface area contributed by atoms with Crippen LogP contribution in [0.1, 0.15) is 27.8 Å². The minimum atomic E-state index is -0.522. The Morgan fingerprint density at radius 3 is 1.59 bits per heavy atom. The molecule has 0 heterocycles. The van der Waals surface area contributed by atoms with Crippen LogP contribution in [0.4, 0.5) is 0 Å². The number of phenols is 1. The Labute approximate surface area is 159 Å². The van der Waals surface area contributed by atoms with Gasteiger partial charge in [0.25, 0.3) is 0 Å². The number of hydrogen-bond donors (Lipinski definition) is 1. The van der Waals surface area contributed by atoms with Crippen LogP contribution in [0.3, 0.4) is 0 Å². The van der Waals surface area contributed by atoms with Crippen LogP contribution in [0, 0.1) is 6.92 Å². The smallest absolute Gasteiger partial charge is 0.120 e. The van der Waals surface area contributed by atoms with Crippen LogP contribution in [0.2, 0.25) is 0 Å². The number of hydrogen-bond acceptors (Lipinski definition) is 1. The van der Waals surface area contributed by atoms with Crippen LogP contribution in [0.5, 0.6) is 5.75 Å². The molecule has 0 aliphatic heterocycles. The molecular formula is C26H20O. The van der Waals surface area contributed by atoms with Crippen LogP contribution in [0.15, 0.2) is 97.1 Å². The summed E-state index contributed by atoms with van der Waals surface area (Å²) >= 11 is 0. The normalized spacial score (nSPS) is 13.8. The van der Waals surface area contributed by atoms with Gasteiger partial charge in [0, 0.05) is 5.56 Å². The highest BCUT2D eigenvalue weighted by molar-refractivity contribution is 5.86. The number of aryl methyl sites for hydroxylation is 1. The summed E-state index contributed by atoms with van der Waals surface area (Å²) in [5.74, 6) is 0.324. The predicted molar refractivity (Wildman–Crippen MR) is 110 cm³/mol. The van der Waals surface area contributed by atoms with Crippen LogP contribution in [-0.4, -0.2) is 5.11 Å². The number of fused-ring (bicyclic) bond motifs is 3. The van der Waals surface area contributed by atoms with Gasteiger partial charge in [-0.25, -0.2) is 0 Å². The molecule has 4 aromatic carbocycles. The van der Waals surface area contributed by atoms with E-state index in [2.05, 4.69) is 79.7 Å². The van der Waals surface area contributed by atoms with E-state index in [4.69, 9.17) is 0 Å². The lowest BCUT2D eigenvalue weighted by atomic mass is 9.67. The van der Waals surface area contributed by atoms with E-state index in [0.29, 0.717) is 5.75 Å². The van der Waals surface area contributed by atoms with Gasteiger partial charge in [-0.05, 0) is 40.8 Å². The molecule has 1 nitrogen and oxygen atoms in total. The van der Waals surface area contributed by atoms with Gasteiger partial charge in [0.2, 0.25) is 0 Å². The second-order valence-corrected chi connectivity index (χ2v) is 7.22. The summed E-state index contributed by atoms with van der Waals surface area (Å²) in [4.78, 5) is 0. The van der Waals surface area contributed by atoms with Crippen LogP contribution in [0.25, 0.3) is 11.1 Å². The highest BCUT2D eigenvalue weighted by atomic mass is 16.3. The molecule has 1 aliphatic rings. The van der Waals surface area contributed by atoms with Gasteiger partial charge in [-0.15, -0.1) is 0 Å². The van der Waals surface area contributed by atoms with Gasteiger partial charge in [0.15, 0.2) is 0 Å². The standard InChI is InChI=1S/C26H20O/c1-18-14-16-19(17-15-18)26(24-12-6-7-13-25(24)27)22-10-4-2-8-20(22)21-9-3-5-11-23(21)26/h2-17,27H,1H3. The van der Waals surface area contributed by atoms with Gasteiger partial charge < -0.3 is 5.11 Å². The van der Waals surface area contributed by atoms with Crippen molar-refractivity contribution in [1.82, 2.24) is 0 Å². The summed E-state index contributed by atoms with van der Waals surface area (Å²) < 4.78 is 0. The van der Waals surface area contributed by atoms with E-state index in [1.807, 2.05) is 18.2 Å². The molecule has 1 heteroatoms. The van der Waals surface area contributed by atoms with Crippen molar-refractivity contribution in [3.05, 3.63) is 125 Å².